The van der Waals surface area contributed by atoms with E-state index in [1.165, 1.54) is 0 Å². The Morgan fingerprint density at radius 3 is 2.41 bits per heavy atom. The number of nitrogens with zero attached hydrogens (tertiary/aromatic N) is 1. The van der Waals surface area contributed by atoms with E-state index >= 15 is 0 Å². The van der Waals surface area contributed by atoms with Crippen molar-refractivity contribution in [3.8, 4) is 0 Å². The monoisotopic (exact) mass is 243 g/mol. The largest absolute Gasteiger partial charge is 0.444 e. The third-order valence-corrected chi connectivity index (χ3v) is 3.39. The summed E-state index contributed by atoms with van der Waals surface area (Å²) < 4.78 is 5.42. The molecular weight excluding hydrogens is 218 g/mol. The highest BCUT2D eigenvalue weighted by Gasteiger charge is 2.37. The van der Waals surface area contributed by atoms with Gasteiger partial charge in [0, 0.05) is 24.6 Å². The molecule has 0 aromatic rings. The van der Waals surface area contributed by atoms with E-state index in [4.69, 9.17) is 4.74 Å². The zero-order valence-electron chi connectivity index (χ0n) is 11.6. The first-order valence-electron chi connectivity index (χ1n) is 6.38. The van der Waals surface area contributed by atoms with E-state index in [9.17, 15) is 9.90 Å². The van der Waals surface area contributed by atoms with Gasteiger partial charge in [0.25, 0.3) is 0 Å². The summed E-state index contributed by atoms with van der Waals surface area (Å²) in [4.78, 5) is 13.9. The summed E-state index contributed by atoms with van der Waals surface area (Å²) >= 11 is 0. The zero-order chi connectivity index (χ0) is 13.2. The third kappa shape index (κ3) is 3.60. The Hall–Kier alpha value is -0.770. The first-order valence-corrected chi connectivity index (χ1v) is 6.38. The average molecular weight is 243 g/mol. The molecule has 4 heteroatoms. The molecule has 1 N–H and O–H groups in total. The van der Waals surface area contributed by atoms with Crippen LogP contribution in [0, 0.1) is 5.92 Å². The summed E-state index contributed by atoms with van der Waals surface area (Å²) in [6.45, 7) is 9.76. The maximum atomic E-state index is 12.1. The van der Waals surface area contributed by atoms with Gasteiger partial charge in [0.05, 0.1) is 0 Å². The lowest BCUT2D eigenvalue weighted by Crippen LogP contribution is -2.53. The van der Waals surface area contributed by atoms with Crippen LogP contribution >= 0.6 is 0 Å². The van der Waals surface area contributed by atoms with Gasteiger partial charge in [0.1, 0.15) is 5.60 Å². The minimum Gasteiger partial charge on any atom is -0.444 e. The van der Waals surface area contributed by atoms with Crippen molar-refractivity contribution in [2.75, 3.05) is 6.61 Å². The van der Waals surface area contributed by atoms with E-state index in [1.807, 2.05) is 34.6 Å². The molecule has 0 aromatic carbocycles. The van der Waals surface area contributed by atoms with Crippen molar-refractivity contribution in [2.45, 2.75) is 65.1 Å². The lowest BCUT2D eigenvalue weighted by Gasteiger charge is -2.43. The van der Waals surface area contributed by atoms with Gasteiger partial charge in [-0.1, -0.05) is 0 Å². The van der Waals surface area contributed by atoms with Gasteiger partial charge in [-0.15, -0.1) is 0 Å². The number of hydrogen-bond acceptors (Lipinski definition) is 3. The second kappa shape index (κ2) is 5.25. The second-order valence-corrected chi connectivity index (χ2v) is 6.00. The Labute approximate surface area is 104 Å². The zero-order valence-corrected chi connectivity index (χ0v) is 11.6. The Morgan fingerprint density at radius 1 is 1.35 bits per heavy atom. The first-order chi connectivity index (χ1) is 7.76. The number of hydrogen-bond donors (Lipinski definition) is 1. The van der Waals surface area contributed by atoms with Crippen molar-refractivity contribution < 1.29 is 14.6 Å². The molecule has 0 aromatic heterocycles. The molecule has 100 valence electrons. The molecular formula is C13H25NO3. The molecule has 1 aliphatic rings. The van der Waals surface area contributed by atoms with Crippen molar-refractivity contribution in [1.29, 1.82) is 0 Å². The highest BCUT2D eigenvalue weighted by molar-refractivity contribution is 5.69. The fourth-order valence-corrected chi connectivity index (χ4v) is 2.37. The fourth-order valence-electron chi connectivity index (χ4n) is 2.37. The summed E-state index contributed by atoms with van der Waals surface area (Å²) in [6.07, 6.45) is 1.63. The van der Waals surface area contributed by atoms with Crippen molar-refractivity contribution in [1.82, 2.24) is 4.90 Å². The van der Waals surface area contributed by atoms with Crippen molar-refractivity contribution in [2.24, 2.45) is 5.92 Å². The minimum atomic E-state index is -0.470. The Balaban J connectivity index is 2.75. The number of amides is 1. The predicted molar refractivity (Wildman–Crippen MR) is 66.8 cm³/mol. The molecule has 1 rings (SSSR count). The number of aliphatic hydroxyl groups is 1. The standard InChI is InChI=1S/C13H25NO3/c1-9-6-7-11(8-15)10(2)14(9)12(16)17-13(3,4)5/h9-11,15H,6-8H2,1-5H3/t9-,10+,11-/m0/s1. The minimum absolute atomic E-state index is 0.0404. The highest BCUT2D eigenvalue weighted by atomic mass is 16.6. The van der Waals surface area contributed by atoms with Gasteiger partial charge in [-0.05, 0) is 47.5 Å². The van der Waals surface area contributed by atoms with E-state index in [1.54, 1.807) is 4.90 Å². The second-order valence-electron chi connectivity index (χ2n) is 6.00. The molecule has 1 fully saturated rings. The van der Waals surface area contributed by atoms with Gasteiger partial charge in [-0.2, -0.15) is 0 Å². The topological polar surface area (TPSA) is 49.8 Å². The van der Waals surface area contributed by atoms with Crippen LogP contribution in [0.2, 0.25) is 0 Å². The molecule has 17 heavy (non-hydrogen) atoms. The van der Waals surface area contributed by atoms with Gasteiger partial charge in [-0.3, -0.25) is 0 Å². The van der Waals surface area contributed by atoms with Crippen LogP contribution in [-0.4, -0.2) is 40.4 Å². The van der Waals surface area contributed by atoms with E-state index in [2.05, 4.69) is 0 Å². The summed E-state index contributed by atoms with van der Waals surface area (Å²) in [5, 5.41) is 9.30. The fraction of sp³-hybridized carbons (Fsp3) is 0.923. The normalized spacial score (nSPS) is 30.2. The number of piperidine rings is 1. The number of carbonyl (C=O) groups excluding carboxylic acids is 1. The lowest BCUT2D eigenvalue weighted by atomic mass is 9.87. The van der Waals surface area contributed by atoms with E-state index in [0.717, 1.165) is 12.8 Å². The molecule has 1 amide bonds. The third-order valence-electron chi connectivity index (χ3n) is 3.39. The molecule has 0 saturated carbocycles. The smallest absolute Gasteiger partial charge is 0.410 e. The molecule has 4 nitrogen and oxygen atoms in total. The molecule has 1 saturated heterocycles. The molecule has 0 bridgehead atoms. The predicted octanol–water partition coefficient (Wildman–Crippen LogP) is 2.40. The van der Waals surface area contributed by atoms with Crippen LogP contribution < -0.4 is 0 Å². The summed E-state index contributed by atoms with van der Waals surface area (Å²) in [6, 6.07) is 0.223. The molecule has 0 unspecified atom stereocenters. The average Bonchev–Trinajstić information content (AvgIpc) is 2.15. The number of ether oxygens (including phenoxy) is 1. The van der Waals surface area contributed by atoms with Gasteiger partial charge in [0.15, 0.2) is 0 Å². The lowest BCUT2D eigenvalue weighted by molar-refractivity contribution is -0.0183. The van der Waals surface area contributed by atoms with Gasteiger partial charge < -0.3 is 14.7 Å². The molecule has 1 heterocycles. The SMILES string of the molecule is C[C@@H]1[C@H](CO)CC[C@H](C)N1C(=O)OC(C)(C)C. The van der Waals surface area contributed by atoms with E-state index < -0.39 is 5.60 Å². The van der Waals surface area contributed by atoms with Crippen molar-refractivity contribution >= 4 is 6.09 Å². The van der Waals surface area contributed by atoms with Crippen molar-refractivity contribution in [3.05, 3.63) is 0 Å². The van der Waals surface area contributed by atoms with Crippen LogP contribution in [0.1, 0.15) is 47.5 Å². The summed E-state index contributed by atoms with van der Waals surface area (Å²) in [5.74, 6) is 0.165. The molecule has 0 aliphatic carbocycles. The molecule has 0 radical (unpaired) electrons. The van der Waals surface area contributed by atoms with Gasteiger partial charge in [-0.25, -0.2) is 4.79 Å². The summed E-state index contributed by atoms with van der Waals surface area (Å²) in [7, 11) is 0. The number of likely N-dealkylation sites (tertiary alicyclic amines) is 1. The highest BCUT2D eigenvalue weighted by Crippen LogP contribution is 2.29. The Kier molecular flexibility index (Phi) is 4.42. The number of carbonyl (C=O) groups is 1. The van der Waals surface area contributed by atoms with Crippen LogP contribution in [-0.2, 0) is 4.74 Å². The number of aliphatic hydroxyl groups excluding tert-OH is 1. The first kappa shape index (κ1) is 14.3. The van der Waals surface area contributed by atoms with Crippen LogP contribution in [0.5, 0.6) is 0 Å². The molecule has 3 atom stereocenters. The maximum Gasteiger partial charge on any atom is 0.410 e. The van der Waals surface area contributed by atoms with Crippen molar-refractivity contribution in [3.63, 3.8) is 0 Å². The van der Waals surface area contributed by atoms with E-state index in [0.29, 0.717) is 0 Å². The maximum absolute atomic E-state index is 12.1. The van der Waals surface area contributed by atoms with Crippen LogP contribution in [0.25, 0.3) is 0 Å². The number of rotatable bonds is 1. The Morgan fingerprint density at radius 2 is 1.94 bits per heavy atom. The van der Waals surface area contributed by atoms with Crippen LogP contribution in [0.4, 0.5) is 4.79 Å². The summed E-state index contributed by atoms with van der Waals surface area (Å²) in [5.41, 5.74) is -0.470. The molecule has 1 aliphatic heterocycles. The molecule has 0 spiro atoms. The van der Waals surface area contributed by atoms with Gasteiger partial charge in [0.2, 0.25) is 0 Å². The van der Waals surface area contributed by atoms with Crippen LogP contribution in [0.15, 0.2) is 0 Å². The van der Waals surface area contributed by atoms with Crippen LogP contribution in [0.3, 0.4) is 0 Å². The van der Waals surface area contributed by atoms with Gasteiger partial charge >= 0.3 is 6.09 Å². The van der Waals surface area contributed by atoms with E-state index in [-0.39, 0.29) is 30.7 Å². The Bertz CT molecular complexity index is 272. The quantitative estimate of drug-likeness (QED) is 0.769.